The van der Waals surface area contributed by atoms with E-state index in [1.165, 1.54) is 38.5 Å². The molecule has 1 atom stereocenters. The van der Waals surface area contributed by atoms with E-state index in [1.54, 1.807) is 0 Å². The van der Waals surface area contributed by atoms with Crippen molar-refractivity contribution in [3.05, 3.63) is 11.6 Å². The average molecular weight is 234 g/mol. The number of allylic oxidation sites excluding steroid dienone is 2. The summed E-state index contributed by atoms with van der Waals surface area (Å²) >= 11 is 0. The van der Waals surface area contributed by atoms with Gasteiger partial charge in [-0.3, -0.25) is 4.79 Å². The number of hydrogen-bond acceptors (Lipinski definition) is 1. The first-order valence-corrected chi connectivity index (χ1v) is 7.34. The Bertz CT molecular complexity index is 311. The fraction of sp³-hybridized carbons (Fsp3) is 0.812. The van der Waals surface area contributed by atoms with Crippen molar-refractivity contribution in [1.29, 1.82) is 0 Å². The first-order valence-electron chi connectivity index (χ1n) is 7.34. The molecule has 96 valence electrons. The number of rotatable bonds is 2. The molecule has 0 bridgehead atoms. The minimum atomic E-state index is 0.225. The summed E-state index contributed by atoms with van der Waals surface area (Å²) in [5, 5.41) is 0. The highest BCUT2D eigenvalue weighted by Gasteiger charge is 2.37. The van der Waals surface area contributed by atoms with Gasteiger partial charge < -0.3 is 0 Å². The van der Waals surface area contributed by atoms with Crippen LogP contribution in [0.5, 0.6) is 0 Å². The topological polar surface area (TPSA) is 17.1 Å². The molecular formula is C16H26O. The van der Waals surface area contributed by atoms with Gasteiger partial charge in [0.15, 0.2) is 5.78 Å². The smallest absolute Gasteiger partial charge is 0.162 e. The van der Waals surface area contributed by atoms with E-state index < -0.39 is 0 Å². The molecule has 0 spiro atoms. The maximum atomic E-state index is 12.7. The molecule has 1 saturated carbocycles. The molecular weight excluding hydrogens is 208 g/mol. The van der Waals surface area contributed by atoms with Gasteiger partial charge in [0.25, 0.3) is 0 Å². The van der Waals surface area contributed by atoms with Crippen molar-refractivity contribution in [2.45, 2.75) is 71.6 Å². The van der Waals surface area contributed by atoms with Gasteiger partial charge in [-0.1, -0.05) is 39.2 Å². The van der Waals surface area contributed by atoms with E-state index in [2.05, 4.69) is 19.9 Å². The maximum absolute atomic E-state index is 12.7. The van der Waals surface area contributed by atoms with Gasteiger partial charge in [-0.25, -0.2) is 0 Å². The number of Topliss-reactive ketones (excluding diaryl/α,β-unsaturated/α-hetero) is 1. The zero-order chi connectivity index (χ0) is 12.3. The summed E-state index contributed by atoms with van der Waals surface area (Å²) in [6, 6.07) is 0. The quantitative estimate of drug-likeness (QED) is 0.679. The molecule has 0 N–H and O–H groups in total. The van der Waals surface area contributed by atoms with Crippen molar-refractivity contribution in [3.63, 3.8) is 0 Å². The van der Waals surface area contributed by atoms with Crippen LogP contribution in [0.15, 0.2) is 11.6 Å². The third kappa shape index (κ3) is 3.00. The summed E-state index contributed by atoms with van der Waals surface area (Å²) < 4.78 is 0. The van der Waals surface area contributed by atoms with E-state index in [1.807, 2.05) is 0 Å². The molecule has 1 unspecified atom stereocenters. The normalized spacial score (nSPS) is 29.3. The number of carbonyl (C=O) groups is 1. The molecule has 0 aromatic heterocycles. The molecule has 0 heterocycles. The Balaban J connectivity index is 2.09. The Morgan fingerprint density at radius 3 is 2.76 bits per heavy atom. The van der Waals surface area contributed by atoms with Gasteiger partial charge in [0.05, 0.1) is 0 Å². The highest BCUT2D eigenvalue weighted by Crippen LogP contribution is 2.42. The SMILES string of the molecule is CC1(C)CCCCC1C(=O)C1=CCCCCC1. The van der Waals surface area contributed by atoms with Crippen molar-refractivity contribution in [2.75, 3.05) is 0 Å². The van der Waals surface area contributed by atoms with Crippen LogP contribution in [0.1, 0.15) is 71.6 Å². The van der Waals surface area contributed by atoms with Crippen LogP contribution in [0.3, 0.4) is 0 Å². The summed E-state index contributed by atoms with van der Waals surface area (Å²) in [6.07, 6.45) is 13.0. The van der Waals surface area contributed by atoms with Crippen molar-refractivity contribution in [1.82, 2.24) is 0 Å². The van der Waals surface area contributed by atoms with Crippen LogP contribution in [-0.4, -0.2) is 5.78 Å². The Labute approximate surface area is 106 Å². The lowest BCUT2D eigenvalue weighted by molar-refractivity contribution is -0.124. The van der Waals surface area contributed by atoms with E-state index in [0.717, 1.165) is 24.8 Å². The monoisotopic (exact) mass is 234 g/mol. The summed E-state index contributed by atoms with van der Waals surface area (Å²) in [5.74, 6) is 0.775. The first kappa shape index (κ1) is 12.9. The van der Waals surface area contributed by atoms with E-state index in [4.69, 9.17) is 0 Å². The van der Waals surface area contributed by atoms with E-state index in [-0.39, 0.29) is 5.41 Å². The van der Waals surface area contributed by atoms with Crippen LogP contribution in [-0.2, 0) is 4.79 Å². The van der Waals surface area contributed by atoms with Gasteiger partial charge in [0.2, 0.25) is 0 Å². The van der Waals surface area contributed by atoms with Crippen molar-refractivity contribution < 1.29 is 4.79 Å². The second kappa shape index (κ2) is 5.37. The van der Waals surface area contributed by atoms with E-state index >= 15 is 0 Å². The van der Waals surface area contributed by atoms with Crippen LogP contribution in [0.2, 0.25) is 0 Å². The Kier molecular flexibility index (Phi) is 4.06. The lowest BCUT2D eigenvalue weighted by Crippen LogP contribution is -2.34. The largest absolute Gasteiger partial charge is 0.294 e. The van der Waals surface area contributed by atoms with Crippen molar-refractivity contribution >= 4 is 5.78 Å². The molecule has 0 saturated heterocycles. The number of carbonyl (C=O) groups excluding carboxylic acids is 1. The summed E-state index contributed by atoms with van der Waals surface area (Å²) in [4.78, 5) is 12.7. The number of hydrogen-bond donors (Lipinski definition) is 0. The third-order valence-corrected chi connectivity index (χ3v) is 4.68. The van der Waals surface area contributed by atoms with Gasteiger partial charge in [-0.2, -0.15) is 0 Å². The Morgan fingerprint density at radius 2 is 2.00 bits per heavy atom. The van der Waals surface area contributed by atoms with E-state index in [9.17, 15) is 4.79 Å². The highest BCUT2D eigenvalue weighted by atomic mass is 16.1. The highest BCUT2D eigenvalue weighted by molar-refractivity contribution is 5.97. The second-order valence-corrected chi connectivity index (χ2v) is 6.48. The molecule has 0 aliphatic heterocycles. The van der Waals surface area contributed by atoms with Crippen LogP contribution in [0.25, 0.3) is 0 Å². The van der Waals surface area contributed by atoms with Gasteiger partial charge in [-0.15, -0.1) is 0 Å². The Hall–Kier alpha value is -0.590. The van der Waals surface area contributed by atoms with E-state index in [0.29, 0.717) is 11.7 Å². The standard InChI is InChI=1S/C16H26O/c1-16(2)12-8-7-11-14(16)15(17)13-9-5-3-4-6-10-13/h9,14H,3-8,10-12H2,1-2H3. The molecule has 2 rings (SSSR count). The van der Waals surface area contributed by atoms with Gasteiger partial charge in [0, 0.05) is 5.92 Å². The Morgan fingerprint density at radius 1 is 1.18 bits per heavy atom. The maximum Gasteiger partial charge on any atom is 0.162 e. The van der Waals surface area contributed by atoms with Gasteiger partial charge >= 0.3 is 0 Å². The average Bonchev–Trinajstić information content (AvgIpc) is 2.56. The van der Waals surface area contributed by atoms with Gasteiger partial charge in [0.1, 0.15) is 0 Å². The minimum absolute atomic E-state index is 0.225. The van der Waals surface area contributed by atoms with Crippen molar-refractivity contribution in [3.8, 4) is 0 Å². The van der Waals surface area contributed by atoms with Gasteiger partial charge in [-0.05, 0) is 49.5 Å². The lowest BCUT2D eigenvalue weighted by atomic mass is 9.66. The molecule has 0 aromatic carbocycles. The molecule has 0 aromatic rings. The van der Waals surface area contributed by atoms with Crippen molar-refractivity contribution in [2.24, 2.45) is 11.3 Å². The molecule has 0 radical (unpaired) electrons. The third-order valence-electron chi connectivity index (χ3n) is 4.68. The second-order valence-electron chi connectivity index (χ2n) is 6.48. The molecule has 2 aliphatic rings. The predicted molar refractivity (Wildman–Crippen MR) is 71.9 cm³/mol. The zero-order valence-corrected chi connectivity index (χ0v) is 11.4. The van der Waals surface area contributed by atoms with Crippen LogP contribution < -0.4 is 0 Å². The fourth-order valence-electron chi connectivity index (χ4n) is 3.44. The van der Waals surface area contributed by atoms with Crippen LogP contribution in [0.4, 0.5) is 0 Å². The molecule has 1 heteroatoms. The molecule has 0 amide bonds. The first-order chi connectivity index (χ1) is 8.11. The number of ketones is 1. The molecule has 2 aliphatic carbocycles. The minimum Gasteiger partial charge on any atom is -0.294 e. The zero-order valence-electron chi connectivity index (χ0n) is 11.4. The summed E-state index contributed by atoms with van der Waals surface area (Å²) in [6.45, 7) is 4.57. The van der Waals surface area contributed by atoms with Crippen LogP contribution >= 0.6 is 0 Å². The molecule has 17 heavy (non-hydrogen) atoms. The fourth-order valence-corrected chi connectivity index (χ4v) is 3.44. The summed E-state index contributed by atoms with van der Waals surface area (Å²) in [5.41, 5.74) is 1.38. The lowest BCUT2D eigenvalue weighted by Gasteiger charge is -2.38. The molecule has 1 nitrogen and oxygen atoms in total. The summed E-state index contributed by atoms with van der Waals surface area (Å²) in [7, 11) is 0. The predicted octanol–water partition coefficient (Wildman–Crippen LogP) is 4.66. The van der Waals surface area contributed by atoms with Crippen LogP contribution in [0, 0.1) is 11.3 Å². The molecule has 1 fully saturated rings.